The number of unbranched alkanes of at least 4 members (excludes halogenated alkanes) is 2. The molecule has 3 rings (SSSR count). The van der Waals surface area contributed by atoms with E-state index in [1.165, 1.54) is 0 Å². The molecule has 193 valence electrons. The molecule has 0 heterocycles. The predicted octanol–water partition coefficient (Wildman–Crippen LogP) is 8.87. The van der Waals surface area contributed by atoms with Crippen molar-refractivity contribution in [3.63, 3.8) is 0 Å². The highest BCUT2D eigenvalue weighted by molar-refractivity contribution is 5.73. The van der Waals surface area contributed by atoms with E-state index in [9.17, 15) is 40.2 Å². The Bertz CT molecular complexity index is 1220. The molecule has 0 aliphatic rings. The lowest BCUT2D eigenvalue weighted by Crippen LogP contribution is -2.12. The maximum Gasteiger partial charge on any atom is 0.422 e. The van der Waals surface area contributed by atoms with Crippen LogP contribution in [0.2, 0.25) is 0 Å². The van der Waals surface area contributed by atoms with Gasteiger partial charge in [0.1, 0.15) is 40.5 Å². The third-order valence-corrected chi connectivity index (χ3v) is 5.75. The van der Waals surface area contributed by atoms with E-state index in [0.29, 0.717) is 36.6 Å². The fraction of sp³-hybridized carbons (Fsp3) is 0.308. The Balaban J connectivity index is 1.96. The molecule has 0 atom stereocenters. The molecular weight excluding hydrogens is 499 g/mol. The van der Waals surface area contributed by atoms with Gasteiger partial charge in [0, 0.05) is 11.6 Å². The fourth-order valence-corrected chi connectivity index (χ4v) is 4.00. The Morgan fingerprint density at radius 3 is 1.69 bits per heavy atom. The van der Waals surface area contributed by atoms with Gasteiger partial charge in [-0.15, -0.1) is 0 Å². The van der Waals surface area contributed by atoms with Gasteiger partial charge in [-0.25, -0.2) is 26.3 Å². The third-order valence-electron chi connectivity index (χ3n) is 5.75. The molecule has 0 spiro atoms. The zero-order valence-corrected chi connectivity index (χ0v) is 18.9. The molecular formula is C26H20F9O. The van der Waals surface area contributed by atoms with Crippen LogP contribution in [0.25, 0.3) is 11.1 Å². The lowest BCUT2D eigenvalue weighted by Gasteiger charge is -2.14. The third kappa shape index (κ3) is 5.79. The van der Waals surface area contributed by atoms with E-state index in [2.05, 4.69) is 0 Å². The summed E-state index contributed by atoms with van der Waals surface area (Å²) in [7, 11) is 0. The lowest BCUT2D eigenvalue weighted by atomic mass is 9.94. The zero-order chi connectivity index (χ0) is 26.8. The number of hydrogen-bond acceptors (Lipinski definition) is 0. The Morgan fingerprint density at radius 1 is 0.639 bits per heavy atom. The smallest absolute Gasteiger partial charge is 0.289 e. The molecule has 0 saturated carbocycles. The number of aryl methyl sites for hydroxylation is 2. The summed E-state index contributed by atoms with van der Waals surface area (Å²) in [5.74, 6) is -10.5. The topological polar surface area (TPSA) is 19.9 Å². The minimum absolute atomic E-state index is 0.295. The highest BCUT2D eigenvalue weighted by Gasteiger charge is 2.38. The molecule has 0 amide bonds. The van der Waals surface area contributed by atoms with Crippen molar-refractivity contribution in [2.45, 2.75) is 51.6 Å². The van der Waals surface area contributed by atoms with Crippen LogP contribution in [0.3, 0.4) is 0 Å². The first-order valence-electron chi connectivity index (χ1n) is 11.1. The van der Waals surface area contributed by atoms with Crippen LogP contribution >= 0.6 is 0 Å². The van der Waals surface area contributed by atoms with E-state index >= 15 is 4.39 Å². The van der Waals surface area contributed by atoms with Crippen LogP contribution in [-0.4, -0.2) is 0 Å². The summed E-state index contributed by atoms with van der Waals surface area (Å²) in [5, 5.41) is 12.3. The molecule has 0 aliphatic carbocycles. The van der Waals surface area contributed by atoms with Crippen molar-refractivity contribution < 1.29 is 44.6 Å². The quantitative estimate of drug-likeness (QED) is 0.209. The van der Waals surface area contributed by atoms with E-state index in [0.717, 1.165) is 25.0 Å². The Kier molecular flexibility index (Phi) is 8.26. The van der Waals surface area contributed by atoms with Crippen molar-refractivity contribution >= 4 is 0 Å². The van der Waals surface area contributed by atoms with Crippen LogP contribution in [0, 0.1) is 34.9 Å². The van der Waals surface area contributed by atoms with Crippen LogP contribution in [-0.2, 0) is 30.5 Å². The molecule has 1 nitrogen and oxygen atoms in total. The molecule has 10 heteroatoms. The number of halogens is 9. The van der Waals surface area contributed by atoms with E-state index in [4.69, 9.17) is 0 Å². The molecule has 0 N–H and O–H groups in total. The van der Waals surface area contributed by atoms with Crippen LogP contribution in [0.15, 0.2) is 30.3 Å². The Labute approximate surface area is 201 Å². The molecule has 3 aromatic rings. The van der Waals surface area contributed by atoms with Gasteiger partial charge in [0.25, 0.3) is 0 Å². The van der Waals surface area contributed by atoms with E-state index in [1.54, 1.807) is 0 Å². The second kappa shape index (κ2) is 10.8. The fourth-order valence-electron chi connectivity index (χ4n) is 4.00. The Hall–Kier alpha value is -3.17. The van der Waals surface area contributed by atoms with Gasteiger partial charge < -0.3 is 0 Å². The highest BCUT2D eigenvalue weighted by Crippen LogP contribution is 2.40. The molecule has 0 aromatic heterocycles. The minimum atomic E-state index is -5.29. The molecule has 3 aromatic carbocycles. The van der Waals surface area contributed by atoms with E-state index in [1.807, 2.05) is 6.92 Å². The summed E-state index contributed by atoms with van der Waals surface area (Å²) in [6, 6.07) is 3.01. The van der Waals surface area contributed by atoms with Crippen molar-refractivity contribution in [2.75, 3.05) is 0 Å². The largest absolute Gasteiger partial charge is 0.422 e. The number of rotatable bonds is 8. The SMILES string of the molecule is CCCCCc1cc(F)c(-c2c([O])cc(F)c(CCc3cc(F)c(C(F)(F)F)c(F)c3)c2F)c(F)c1. The molecule has 0 unspecified atom stereocenters. The highest BCUT2D eigenvalue weighted by atomic mass is 19.4. The van der Waals surface area contributed by atoms with Gasteiger partial charge in [-0.05, 0) is 61.1 Å². The second-order valence-electron chi connectivity index (χ2n) is 8.35. The average Bonchev–Trinajstić information content (AvgIpc) is 2.74. The predicted molar refractivity (Wildman–Crippen MR) is 114 cm³/mol. The lowest BCUT2D eigenvalue weighted by molar-refractivity contribution is -0.142. The van der Waals surface area contributed by atoms with Gasteiger partial charge in [0.2, 0.25) is 0 Å². The standard InChI is InChI=1S/C26H20F9O/c1-2-3-4-5-13-8-17(28)22(18(29)9-13)23-21(36)12-16(27)15(25(23)32)7-6-14-10-19(30)24(20(31)11-14)26(33,34)35/h8-12H,2-7H2,1H3. The first-order chi connectivity index (χ1) is 16.8. The number of alkyl halides is 3. The normalized spacial score (nSPS) is 11.8. The van der Waals surface area contributed by atoms with Gasteiger partial charge >= 0.3 is 6.18 Å². The van der Waals surface area contributed by atoms with E-state index < -0.39 is 81.9 Å². The average molecular weight is 519 g/mol. The first kappa shape index (κ1) is 27.4. The molecule has 0 aliphatic heterocycles. The molecule has 0 bridgehead atoms. The summed E-state index contributed by atoms with van der Waals surface area (Å²) in [6.07, 6.45) is -3.78. The summed E-state index contributed by atoms with van der Waals surface area (Å²) in [5.41, 5.74) is -5.00. The van der Waals surface area contributed by atoms with E-state index in [-0.39, 0.29) is 5.56 Å². The molecule has 36 heavy (non-hydrogen) atoms. The molecule has 0 saturated heterocycles. The monoisotopic (exact) mass is 519 g/mol. The van der Waals surface area contributed by atoms with Crippen molar-refractivity contribution in [1.29, 1.82) is 0 Å². The van der Waals surface area contributed by atoms with Crippen molar-refractivity contribution in [3.8, 4) is 16.9 Å². The Morgan fingerprint density at radius 2 is 1.17 bits per heavy atom. The molecule has 1 radical (unpaired) electrons. The maximum atomic E-state index is 15.2. The summed E-state index contributed by atoms with van der Waals surface area (Å²) >= 11 is 0. The summed E-state index contributed by atoms with van der Waals surface area (Å²) in [6.45, 7) is 1.94. The maximum absolute atomic E-state index is 15.2. The van der Waals surface area contributed by atoms with Gasteiger partial charge in [-0.2, -0.15) is 13.2 Å². The van der Waals surface area contributed by atoms with Crippen molar-refractivity contribution in [1.82, 2.24) is 0 Å². The second-order valence-corrected chi connectivity index (χ2v) is 8.35. The van der Waals surface area contributed by atoms with Gasteiger partial charge in [-0.3, -0.25) is 5.11 Å². The number of benzene rings is 3. The molecule has 0 fully saturated rings. The number of hydrogen-bond donors (Lipinski definition) is 0. The van der Waals surface area contributed by atoms with Gasteiger partial charge in [0.05, 0.1) is 11.1 Å². The first-order valence-corrected chi connectivity index (χ1v) is 11.1. The minimum Gasteiger partial charge on any atom is -0.289 e. The zero-order valence-electron chi connectivity index (χ0n) is 18.9. The van der Waals surface area contributed by atoms with Crippen LogP contribution < -0.4 is 0 Å². The van der Waals surface area contributed by atoms with Crippen LogP contribution in [0.5, 0.6) is 5.75 Å². The van der Waals surface area contributed by atoms with Gasteiger partial charge in [0.15, 0.2) is 5.75 Å². The summed E-state index contributed by atoms with van der Waals surface area (Å²) < 4.78 is 125. The van der Waals surface area contributed by atoms with Crippen LogP contribution in [0.1, 0.15) is 48.4 Å². The van der Waals surface area contributed by atoms with Gasteiger partial charge in [-0.1, -0.05) is 19.8 Å². The van der Waals surface area contributed by atoms with Crippen molar-refractivity contribution in [3.05, 3.63) is 87.5 Å². The summed E-state index contributed by atoms with van der Waals surface area (Å²) in [4.78, 5) is 0. The van der Waals surface area contributed by atoms with Crippen LogP contribution in [0.4, 0.5) is 39.5 Å². The van der Waals surface area contributed by atoms with Crippen molar-refractivity contribution in [2.24, 2.45) is 0 Å².